The molecule has 0 fully saturated rings. The van der Waals surface area contributed by atoms with E-state index >= 15 is 0 Å². The van der Waals surface area contributed by atoms with Crippen molar-refractivity contribution in [2.45, 2.75) is 33.3 Å². The molecule has 2 aromatic rings. The van der Waals surface area contributed by atoms with Gasteiger partial charge in [-0.2, -0.15) is 0 Å². The average Bonchev–Trinajstić information content (AvgIpc) is 2.68. The predicted molar refractivity (Wildman–Crippen MR) is 121 cm³/mol. The van der Waals surface area contributed by atoms with Gasteiger partial charge < -0.3 is 14.8 Å². The molecule has 0 bridgehead atoms. The summed E-state index contributed by atoms with van der Waals surface area (Å²) in [6.45, 7) is 7.37. The Hall–Kier alpha value is -3.11. The van der Waals surface area contributed by atoms with Crippen molar-refractivity contribution in [2.75, 3.05) is 11.9 Å². The number of nitrogens with one attached hydrogen (secondary N) is 1. The first-order valence-electron chi connectivity index (χ1n) is 9.61. The first-order valence-corrected chi connectivity index (χ1v) is 10.4. The first kappa shape index (κ1) is 22.6. The number of carbonyl (C=O) groups excluding carboxylic acids is 2. The summed E-state index contributed by atoms with van der Waals surface area (Å²) in [6.07, 6.45) is 1.91. The third-order valence-electron chi connectivity index (χ3n) is 4.43. The van der Waals surface area contributed by atoms with E-state index in [9.17, 15) is 14.0 Å². The quantitative estimate of drug-likeness (QED) is 0.452. The summed E-state index contributed by atoms with van der Waals surface area (Å²) in [4.78, 5) is 24.6. The number of allylic oxidation sites excluding steroid dienone is 1. The Morgan fingerprint density at radius 2 is 2.00 bits per heavy atom. The van der Waals surface area contributed by atoms with Gasteiger partial charge in [0.15, 0.2) is 0 Å². The molecule has 1 aliphatic heterocycles. The zero-order chi connectivity index (χ0) is 22.8. The standard InChI is InChI=1S/C24H21BrFNO4/c1-5-7-14-13-24(3,4)31-21-18(14)10-15(11-19(21)25)22(28)27-16-8-9-17(20(26)12-16)23(29)30-6-2/h8-13H,6H2,1-4H3,(H,27,28). The maximum Gasteiger partial charge on any atom is 0.341 e. The molecular weight excluding hydrogens is 465 g/mol. The molecule has 1 N–H and O–H groups in total. The number of fused-ring (bicyclic) bond motifs is 1. The Bertz CT molecular complexity index is 1160. The van der Waals surface area contributed by atoms with Gasteiger partial charge in [0.05, 0.1) is 16.6 Å². The van der Waals surface area contributed by atoms with Gasteiger partial charge in [-0.3, -0.25) is 4.79 Å². The highest BCUT2D eigenvalue weighted by atomic mass is 79.9. The smallest absolute Gasteiger partial charge is 0.341 e. The highest BCUT2D eigenvalue weighted by Crippen LogP contribution is 2.41. The molecule has 3 rings (SSSR count). The molecule has 2 aromatic carbocycles. The topological polar surface area (TPSA) is 64.6 Å². The van der Waals surface area contributed by atoms with Gasteiger partial charge in [-0.25, -0.2) is 9.18 Å². The van der Waals surface area contributed by atoms with Crippen LogP contribution in [0.4, 0.5) is 10.1 Å². The van der Waals surface area contributed by atoms with E-state index in [4.69, 9.17) is 9.47 Å². The molecule has 160 valence electrons. The van der Waals surface area contributed by atoms with Crippen LogP contribution in [0.5, 0.6) is 5.75 Å². The van der Waals surface area contributed by atoms with Crippen molar-refractivity contribution >= 4 is 39.1 Å². The van der Waals surface area contributed by atoms with Crippen molar-refractivity contribution < 1.29 is 23.5 Å². The molecule has 1 aliphatic rings. The second-order valence-corrected chi connectivity index (χ2v) is 8.20. The molecular formula is C24H21BrFNO4. The van der Waals surface area contributed by atoms with Crippen LogP contribution in [-0.2, 0) is 4.74 Å². The van der Waals surface area contributed by atoms with Gasteiger partial charge in [0.25, 0.3) is 5.91 Å². The number of amides is 1. The monoisotopic (exact) mass is 485 g/mol. The van der Waals surface area contributed by atoms with Crippen LogP contribution < -0.4 is 10.1 Å². The zero-order valence-corrected chi connectivity index (χ0v) is 19.1. The number of benzene rings is 2. The summed E-state index contributed by atoms with van der Waals surface area (Å²) in [5.74, 6) is 4.57. The van der Waals surface area contributed by atoms with Gasteiger partial charge >= 0.3 is 5.97 Å². The fraction of sp³-hybridized carbons (Fsp3) is 0.250. The summed E-state index contributed by atoms with van der Waals surface area (Å²) in [5, 5.41) is 2.65. The predicted octanol–water partition coefficient (Wildman–Crippen LogP) is 5.59. The zero-order valence-electron chi connectivity index (χ0n) is 17.6. The molecule has 0 aliphatic carbocycles. The summed E-state index contributed by atoms with van der Waals surface area (Å²) >= 11 is 3.48. The maximum absolute atomic E-state index is 14.3. The lowest BCUT2D eigenvalue weighted by atomic mass is 9.93. The lowest BCUT2D eigenvalue weighted by molar-refractivity contribution is 0.0521. The van der Waals surface area contributed by atoms with Crippen molar-refractivity contribution in [2.24, 2.45) is 0 Å². The van der Waals surface area contributed by atoms with Crippen molar-refractivity contribution in [3.05, 3.63) is 63.4 Å². The molecule has 7 heteroatoms. The van der Waals surface area contributed by atoms with E-state index in [1.165, 1.54) is 12.1 Å². The minimum Gasteiger partial charge on any atom is -0.482 e. The van der Waals surface area contributed by atoms with Gasteiger partial charge in [0, 0.05) is 22.4 Å². The van der Waals surface area contributed by atoms with Crippen LogP contribution in [-0.4, -0.2) is 24.1 Å². The second-order valence-electron chi connectivity index (χ2n) is 7.34. The van der Waals surface area contributed by atoms with E-state index in [0.29, 0.717) is 21.3 Å². The molecule has 0 spiro atoms. The van der Waals surface area contributed by atoms with E-state index in [1.807, 2.05) is 19.9 Å². The van der Waals surface area contributed by atoms with Crippen LogP contribution in [0.3, 0.4) is 0 Å². The van der Waals surface area contributed by atoms with Crippen LogP contribution in [0.25, 0.3) is 5.57 Å². The van der Waals surface area contributed by atoms with E-state index in [0.717, 1.165) is 11.6 Å². The van der Waals surface area contributed by atoms with Crippen molar-refractivity contribution in [1.82, 2.24) is 0 Å². The SMILES string of the molecule is CC#CC1=CC(C)(C)Oc2c(Br)cc(C(=O)Nc3ccc(C(=O)OCC)c(F)c3)cc21. The fourth-order valence-corrected chi connectivity index (χ4v) is 3.70. The summed E-state index contributed by atoms with van der Waals surface area (Å²) in [6, 6.07) is 7.12. The largest absolute Gasteiger partial charge is 0.482 e. The van der Waals surface area contributed by atoms with E-state index in [1.54, 1.807) is 26.0 Å². The van der Waals surface area contributed by atoms with E-state index in [2.05, 4.69) is 33.1 Å². The van der Waals surface area contributed by atoms with Crippen LogP contribution >= 0.6 is 15.9 Å². The molecule has 1 heterocycles. The molecule has 1 amide bonds. The van der Waals surface area contributed by atoms with Crippen LogP contribution in [0, 0.1) is 17.7 Å². The number of anilines is 1. The lowest BCUT2D eigenvalue weighted by Crippen LogP contribution is -2.29. The molecule has 0 unspecified atom stereocenters. The molecule has 0 saturated heterocycles. The Balaban J connectivity index is 1.91. The fourth-order valence-electron chi connectivity index (χ4n) is 3.15. The molecule has 0 saturated carbocycles. The number of hydrogen-bond acceptors (Lipinski definition) is 4. The Labute approximate surface area is 188 Å². The molecule has 0 radical (unpaired) electrons. The number of hydrogen-bond donors (Lipinski definition) is 1. The van der Waals surface area contributed by atoms with Gasteiger partial charge in [0.1, 0.15) is 17.2 Å². The minimum absolute atomic E-state index is 0.143. The maximum atomic E-state index is 14.3. The van der Waals surface area contributed by atoms with E-state index < -0.39 is 23.3 Å². The van der Waals surface area contributed by atoms with Gasteiger partial charge in [-0.05, 0) is 80.0 Å². The number of carbonyl (C=O) groups is 2. The second kappa shape index (κ2) is 8.94. The van der Waals surface area contributed by atoms with Crippen LogP contribution in [0.2, 0.25) is 0 Å². The molecule has 0 aromatic heterocycles. The first-order chi connectivity index (χ1) is 14.6. The third kappa shape index (κ3) is 4.97. The van der Waals surface area contributed by atoms with Gasteiger partial charge in [0.2, 0.25) is 0 Å². The Kier molecular flexibility index (Phi) is 6.51. The third-order valence-corrected chi connectivity index (χ3v) is 5.02. The summed E-state index contributed by atoms with van der Waals surface area (Å²) < 4.78 is 25.7. The number of rotatable bonds is 4. The van der Waals surface area contributed by atoms with Gasteiger partial charge in [-0.1, -0.05) is 5.92 Å². The molecule has 5 nitrogen and oxygen atoms in total. The normalized spacial score (nSPS) is 13.7. The van der Waals surface area contributed by atoms with Crippen LogP contribution in [0.1, 0.15) is 54.0 Å². The Morgan fingerprint density at radius 3 is 2.65 bits per heavy atom. The van der Waals surface area contributed by atoms with Crippen molar-refractivity contribution in [1.29, 1.82) is 0 Å². The number of esters is 1. The minimum atomic E-state index is -0.776. The van der Waals surface area contributed by atoms with Gasteiger partial charge in [-0.15, -0.1) is 5.92 Å². The molecule has 0 atom stereocenters. The van der Waals surface area contributed by atoms with E-state index in [-0.39, 0.29) is 17.9 Å². The van der Waals surface area contributed by atoms with Crippen molar-refractivity contribution in [3.63, 3.8) is 0 Å². The number of ether oxygens (including phenoxy) is 2. The summed E-state index contributed by atoms with van der Waals surface area (Å²) in [7, 11) is 0. The highest BCUT2D eigenvalue weighted by Gasteiger charge is 2.29. The number of halogens is 2. The van der Waals surface area contributed by atoms with Crippen LogP contribution in [0.15, 0.2) is 40.9 Å². The lowest BCUT2D eigenvalue weighted by Gasteiger charge is -2.30. The highest BCUT2D eigenvalue weighted by molar-refractivity contribution is 9.10. The average molecular weight is 486 g/mol. The summed E-state index contributed by atoms with van der Waals surface area (Å²) in [5.41, 5.74) is 1.27. The molecule has 31 heavy (non-hydrogen) atoms. The Morgan fingerprint density at radius 1 is 1.26 bits per heavy atom. The van der Waals surface area contributed by atoms with Crippen molar-refractivity contribution in [3.8, 4) is 17.6 Å².